The number of benzene rings is 1. The SMILES string of the molecule is CCCOC(=O)c1ccc(S(=O)(=O)N2CCCC2)cc1. The third-order valence-corrected chi connectivity index (χ3v) is 5.14. The van der Waals surface area contributed by atoms with E-state index in [1.165, 1.54) is 28.6 Å². The molecule has 1 aliphatic rings. The number of rotatable bonds is 5. The van der Waals surface area contributed by atoms with Crippen molar-refractivity contribution in [2.24, 2.45) is 0 Å². The molecule has 0 saturated carbocycles. The van der Waals surface area contributed by atoms with Gasteiger partial charge < -0.3 is 4.74 Å². The molecule has 2 rings (SSSR count). The molecule has 20 heavy (non-hydrogen) atoms. The van der Waals surface area contributed by atoms with Gasteiger partial charge >= 0.3 is 5.97 Å². The zero-order chi connectivity index (χ0) is 14.6. The first-order valence-electron chi connectivity index (χ1n) is 6.83. The minimum Gasteiger partial charge on any atom is -0.462 e. The Hall–Kier alpha value is -1.40. The van der Waals surface area contributed by atoms with Gasteiger partial charge in [-0.1, -0.05) is 6.92 Å². The second-order valence-corrected chi connectivity index (χ2v) is 6.71. The Balaban J connectivity index is 2.13. The number of nitrogens with zero attached hydrogens (tertiary/aromatic N) is 1. The molecule has 0 aliphatic carbocycles. The maximum atomic E-state index is 12.3. The number of carbonyl (C=O) groups is 1. The van der Waals surface area contributed by atoms with Gasteiger partial charge in [-0.05, 0) is 43.5 Å². The zero-order valence-corrected chi connectivity index (χ0v) is 12.4. The van der Waals surface area contributed by atoms with Crippen molar-refractivity contribution in [1.29, 1.82) is 0 Å². The number of carbonyl (C=O) groups excluding carboxylic acids is 1. The van der Waals surface area contributed by atoms with E-state index in [-0.39, 0.29) is 4.90 Å². The topological polar surface area (TPSA) is 63.7 Å². The summed E-state index contributed by atoms with van der Waals surface area (Å²) < 4.78 is 31.1. The highest BCUT2D eigenvalue weighted by atomic mass is 32.2. The van der Waals surface area contributed by atoms with Gasteiger partial charge in [-0.2, -0.15) is 4.31 Å². The summed E-state index contributed by atoms with van der Waals surface area (Å²) >= 11 is 0. The van der Waals surface area contributed by atoms with E-state index >= 15 is 0 Å². The summed E-state index contributed by atoms with van der Waals surface area (Å²) in [6.45, 7) is 3.43. The van der Waals surface area contributed by atoms with Gasteiger partial charge in [-0.15, -0.1) is 0 Å². The Kier molecular flexibility index (Phi) is 4.77. The highest BCUT2D eigenvalue weighted by Gasteiger charge is 2.27. The summed E-state index contributed by atoms with van der Waals surface area (Å²) in [6, 6.07) is 5.94. The van der Waals surface area contributed by atoms with Crippen LogP contribution in [-0.4, -0.2) is 38.4 Å². The largest absolute Gasteiger partial charge is 0.462 e. The molecule has 0 unspecified atom stereocenters. The maximum absolute atomic E-state index is 12.3. The van der Waals surface area contributed by atoms with Crippen LogP contribution < -0.4 is 0 Å². The predicted molar refractivity (Wildman–Crippen MR) is 75.0 cm³/mol. The van der Waals surface area contributed by atoms with E-state index in [1.807, 2.05) is 6.92 Å². The van der Waals surface area contributed by atoms with E-state index in [0.29, 0.717) is 25.3 Å². The fourth-order valence-corrected chi connectivity index (χ4v) is 3.64. The van der Waals surface area contributed by atoms with Crippen LogP contribution in [0.5, 0.6) is 0 Å². The van der Waals surface area contributed by atoms with Crippen molar-refractivity contribution in [1.82, 2.24) is 4.31 Å². The van der Waals surface area contributed by atoms with Gasteiger partial charge in [0.05, 0.1) is 17.1 Å². The van der Waals surface area contributed by atoms with Crippen LogP contribution in [-0.2, 0) is 14.8 Å². The Morgan fingerprint density at radius 3 is 2.35 bits per heavy atom. The smallest absolute Gasteiger partial charge is 0.338 e. The molecule has 0 spiro atoms. The molecule has 1 fully saturated rings. The number of sulfonamides is 1. The fourth-order valence-electron chi connectivity index (χ4n) is 2.12. The van der Waals surface area contributed by atoms with Crippen molar-refractivity contribution in [3.05, 3.63) is 29.8 Å². The van der Waals surface area contributed by atoms with Crippen LogP contribution in [0.25, 0.3) is 0 Å². The van der Waals surface area contributed by atoms with Crippen LogP contribution in [0.3, 0.4) is 0 Å². The Labute approximate surface area is 119 Å². The molecule has 0 atom stereocenters. The number of esters is 1. The maximum Gasteiger partial charge on any atom is 0.338 e. The van der Waals surface area contributed by atoms with Gasteiger partial charge in [-0.3, -0.25) is 0 Å². The summed E-state index contributed by atoms with van der Waals surface area (Å²) in [5.41, 5.74) is 0.374. The first-order valence-corrected chi connectivity index (χ1v) is 8.27. The molecular formula is C14H19NO4S. The number of ether oxygens (including phenoxy) is 1. The third-order valence-electron chi connectivity index (χ3n) is 3.23. The van der Waals surface area contributed by atoms with E-state index in [2.05, 4.69) is 0 Å². The van der Waals surface area contributed by atoms with E-state index < -0.39 is 16.0 Å². The van der Waals surface area contributed by atoms with E-state index in [9.17, 15) is 13.2 Å². The molecule has 5 nitrogen and oxygen atoms in total. The molecule has 1 aromatic rings. The molecule has 1 heterocycles. The zero-order valence-electron chi connectivity index (χ0n) is 11.5. The second-order valence-electron chi connectivity index (χ2n) is 4.77. The van der Waals surface area contributed by atoms with E-state index in [4.69, 9.17) is 4.74 Å². The lowest BCUT2D eigenvalue weighted by Crippen LogP contribution is -2.27. The summed E-state index contributed by atoms with van der Waals surface area (Å²) in [6.07, 6.45) is 2.56. The number of hydrogen-bond acceptors (Lipinski definition) is 4. The standard InChI is InChI=1S/C14H19NO4S/c1-2-11-19-14(16)12-5-7-13(8-6-12)20(17,18)15-9-3-4-10-15/h5-8H,2-4,9-11H2,1H3. The molecule has 0 amide bonds. The minimum atomic E-state index is -3.42. The molecule has 1 saturated heterocycles. The van der Waals surface area contributed by atoms with Gasteiger partial charge in [0.2, 0.25) is 10.0 Å². The monoisotopic (exact) mass is 297 g/mol. The van der Waals surface area contributed by atoms with Crippen LogP contribution >= 0.6 is 0 Å². The minimum absolute atomic E-state index is 0.228. The van der Waals surface area contributed by atoms with Crippen LogP contribution in [0.4, 0.5) is 0 Å². The molecular weight excluding hydrogens is 278 g/mol. The van der Waals surface area contributed by atoms with E-state index in [1.54, 1.807) is 0 Å². The van der Waals surface area contributed by atoms with Gasteiger partial charge in [-0.25, -0.2) is 13.2 Å². The molecule has 6 heteroatoms. The summed E-state index contributed by atoms with van der Waals surface area (Å²) in [4.78, 5) is 11.9. The third kappa shape index (κ3) is 3.19. The van der Waals surface area contributed by atoms with Crippen LogP contribution in [0, 0.1) is 0 Å². The van der Waals surface area contributed by atoms with Crippen LogP contribution in [0.15, 0.2) is 29.2 Å². The Bertz CT molecular complexity index is 559. The lowest BCUT2D eigenvalue weighted by Gasteiger charge is -2.15. The molecule has 0 bridgehead atoms. The van der Waals surface area contributed by atoms with Crippen molar-refractivity contribution >= 4 is 16.0 Å². The van der Waals surface area contributed by atoms with Crippen LogP contribution in [0.1, 0.15) is 36.5 Å². The first-order chi connectivity index (χ1) is 9.55. The summed E-state index contributed by atoms with van der Waals surface area (Å²) in [7, 11) is -3.42. The average molecular weight is 297 g/mol. The summed E-state index contributed by atoms with van der Waals surface area (Å²) in [5.74, 6) is -0.419. The normalized spacial score (nSPS) is 16.2. The van der Waals surface area contributed by atoms with Gasteiger partial charge in [0.1, 0.15) is 0 Å². The van der Waals surface area contributed by atoms with Gasteiger partial charge in [0.25, 0.3) is 0 Å². The fraction of sp³-hybridized carbons (Fsp3) is 0.500. The Morgan fingerprint density at radius 1 is 1.20 bits per heavy atom. The lowest BCUT2D eigenvalue weighted by molar-refractivity contribution is 0.0505. The van der Waals surface area contributed by atoms with E-state index in [0.717, 1.165) is 19.3 Å². The number of hydrogen-bond donors (Lipinski definition) is 0. The average Bonchev–Trinajstić information content (AvgIpc) is 3.00. The lowest BCUT2D eigenvalue weighted by atomic mass is 10.2. The quantitative estimate of drug-likeness (QED) is 0.780. The summed E-state index contributed by atoms with van der Waals surface area (Å²) in [5, 5.41) is 0. The van der Waals surface area contributed by atoms with Gasteiger partial charge in [0, 0.05) is 13.1 Å². The highest BCUT2D eigenvalue weighted by molar-refractivity contribution is 7.89. The molecule has 1 aromatic carbocycles. The van der Waals surface area contributed by atoms with Crippen molar-refractivity contribution in [2.45, 2.75) is 31.1 Å². The molecule has 0 aromatic heterocycles. The first kappa shape index (κ1) is 15.0. The highest BCUT2D eigenvalue weighted by Crippen LogP contribution is 2.21. The molecule has 110 valence electrons. The predicted octanol–water partition coefficient (Wildman–Crippen LogP) is 2.04. The molecule has 1 aliphatic heterocycles. The molecule has 0 radical (unpaired) electrons. The van der Waals surface area contributed by atoms with Crippen molar-refractivity contribution in [2.75, 3.05) is 19.7 Å². The van der Waals surface area contributed by atoms with Gasteiger partial charge in [0.15, 0.2) is 0 Å². The van der Waals surface area contributed by atoms with Crippen molar-refractivity contribution < 1.29 is 17.9 Å². The second kappa shape index (κ2) is 6.37. The van der Waals surface area contributed by atoms with Crippen molar-refractivity contribution in [3.8, 4) is 0 Å². The Morgan fingerprint density at radius 2 is 1.80 bits per heavy atom. The molecule has 0 N–H and O–H groups in total. The van der Waals surface area contributed by atoms with Crippen LogP contribution in [0.2, 0.25) is 0 Å². The van der Waals surface area contributed by atoms with Crippen molar-refractivity contribution in [3.63, 3.8) is 0 Å².